The van der Waals surface area contributed by atoms with Gasteiger partial charge >= 0.3 is 0 Å². The van der Waals surface area contributed by atoms with Crippen molar-refractivity contribution in [2.75, 3.05) is 27.0 Å². The first-order valence-electron chi connectivity index (χ1n) is 9.14. The van der Waals surface area contributed by atoms with E-state index in [0.29, 0.717) is 13.1 Å². The second-order valence-corrected chi connectivity index (χ2v) is 4.93. The zero-order valence-electron chi connectivity index (χ0n) is 15.6. The van der Waals surface area contributed by atoms with Crippen molar-refractivity contribution >= 4 is 5.78 Å². The molecule has 16 heavy (non-hydrogen) atoms. The first-order valence-corrected chi connectivity index (χ1v) is 6.14. The van der Waals surface area contributed by atoms with Crippen molar-refractivity contribution in [3.63, 3.8) is 0 Å². The molecule has 0 aromatic carbocycles. The largest absolute Gasteiger partial charge is 0.303 e. The van der Waals surface area contributed by atoms with Crippen molar-refractivity contribution < 1.29 is 13.0 Å². The van der Waals surface area contributed by atoms with Gasteiger partial charge in [-0.1, -0.05) is 0 Å². The molecule has 2 rings (SSSR count). The van der Waals surface area contributed by atoms with Gasteiger partial charge in [0.05, 0.1) is 0 Å². The van der Waals surface area contributed by atoms with Gasteiger partial charge < -0.3 is 9.80 Å². The second-order valence-electron chi connectivity index (χ2n) is 4.93. The van der Waals surface area contributed by atoms with Gasteiger partial charge in [-0.05, 0) is 52.7 Å². The minimum absolute atomic E-state index is 0.0256. The molecule has 0 N–H and O–H groups in total. The SMILES string of the molecule is [2H]C([2H])([2H])N1CCCC1CC(=O)CC1CCCN1C([2H])([2H])[2H]. The van der Waals surface area contributed by atoms with E-state index in [-0.39, 0.29) is 30.7 Å². The third-order valence-electron chi connectivity index (χ3n) is 3.68. The number of ketones is 1. The molecule has 2 heterocycles. The summed E-state index contributed by atoms with van der Waals surface area (Å²) in [5.41, 5.74) is 0. The number of nitrogens with zero attached hydrogens (tertiary/aromatic N) is 2. The van der Waals surface area contributed by atoms with Crippen LogP contribution in [0.5, 0.6) is 0 Å². The summed E-state index contributed by atoms with van der Waals surface area (Å²) in [4.78, 5) is 15.1. The highest BCUT2D eigenvalue weighted by molar-refractivity contribution is 5.79. The number of likely N-dealkylation sites (tertiary alicyclic amines) is 2. The molecule has 0 aromatic rings. The molecule has 2 atom stereocenters. The van der Waals surface area contributed by atoms with Crippen molar-refractivity contribution in [1.29, 1.82) is 0 Å². The number of hydrogen-bond acceptors (Lipinski definition) is 3. The molecule has 92 valence electrons. The zero-order valence-corrected chi connectivity index (χ0v) is 9.61. The minimum Gasteiger partial charge on any atom is -0.303 e. The Kier molecular flexibility index (Phi) is 2.15. The van der Waals surface area contributed by atoms with Gasteiger partial charge in [0.2, 0.25) is 0 Å². The van der Waals surface area contributed by atoms with Gasteiger partial charge in [0, 0.05) is 33.1 Å². The molecule has 0 aromatic heterocycles. The Morgan fingerprint density at radius 1 is 1.12 bits per heavy atom. The fourth-order valence-electron chi connectivity index (χ4n) is 2.70. The number of Topliss-reactive ketones (excluding diaryl/α,β-unsaturated/α-hetero) is 1. The first-order chi connectivity index (χ1) is 10.1. The Hall–Kier alpha value is -0.410. The van der Waals surface area contributed by atoms with Crippen molar-refractivity contribution in [3.8, 4) is 0 Å². The lowest BCUT2D eigenvalue weighted by atomic mass is 10.0. The predicted octanol–water partition coefficient (Wildman–Crippen LogP) is 1.52. The van der Waals surface area contributed by atoms with E-state index in [0.717, 1.165) is 25.7 Å². The summed E-state index contributed by atoms with van der Waals surface area (Å²) < 4.78 is 45.0. The lowest BCUT2D eigenvalue weighted by molar-refractivity contribution is -0.120. The third kappa shape index (κ3) is 2.83. The molecule has 2 aliphatic rings. The normalized spacial score (nSPS) is 39.5. The lowest BCUT2D eigenvalue weighted by Gasteiger charge is -2.21. The van der Waals surface area contributed by atoms with Crippen LogP contribution in [0.3, 0.4) is 0 Å². The highest BCUT2D eigenvalue weighted by Crippen LogP contribution is 2.22. The molecule has 0 spiro atoms. The summed E-state index contributed by atoms with van der Waals surface area (Å²) >= 11 is 0. The molecular weight excluding hydrogens is 200 g/mol. The Morgan fingerprint density at radius 2 is 1.62 bits per heavy atom. The number of rotatable bonds is 4. The molecule has 0 bridgehead atoms. The van der Waals surface area contributed by atoms with Crippen molar-refractivity contribution in [2.24, 2.45) is 0 Å². The van der Waals surface area contributed by atoms with Gasteiger partial charge in [-0.25, -0.2) is 0 Å². The average molecular weight is 230 g/mol. The van der Waals surface area contributed by atoms with Crippen molar-refractivity contribution in [1.82, 2.24) is 9.80 Å². The van der Waals surface area contributed by atoms with Gasteiger partial charge in [-0.15, -0.1) is 0 Å². The van der Waals surface area contributed by atoms with E-state index < -0.39 is 14.0 Å². The predicted molar refractivity (Wildman–Crippen MR) is 65.5 cm³/mol. The number of carbonyl (C=O) groups is 1. The monoisotopic (exact) mass is 230 g/mol. The Bertz CT molecular complexity index is 372. The molecule has 3 nitrogen and oxygen atoms in total. The average Bonchev–Trinajstić information content (AvgIpc) is 2.95. The van der Waals surface area contributed by atoms with Crippen LogP contribution in [0.1, 0.15) is 46.7 Å². The maximum absolute atomic E-state index is 12.3. The fourth-order valence-corrected chi connectivity index (χ4v) is 2.70. The Labute approximate surface area is 107 Å². The van der Waals surface area contributed by atoms with Crippen LogP contribution in [0.2, 0.25) is 0 Å². The van der Waals surface area contributed by atoms with E-state index >= 15 is 0 Å². The van der Waals surface area contributed by atoms with E-state index in [1.807, 2.05) is 0 Å². The minimum atomic E-state index is -2.15. The molecule has 2 aliphatic heterocycles. The summed E-state index contributed by atoms with van der Waals surface area (Å²) in [7, 11) is 0. The molecule has 2 unspecified atom stereocenters. The van der Waals surface area contributed by atoms with E-state index in [2.05, 4.69) is 0 Å². The number of hydrogen-bond donors (Lipinski definition) is 0. The fraction of sp³-hybridized carbons (Fsp3) is 0.923. The van der Waals surface area contributed by atoms with Gasteiger partial charge in [-0.2, -0.15) is 0 Å². The van der Waals surface area contributed by atoms with E-state index in [1.165, 1.54) is 9.80 Å². The van der Waals surface area contributed by atoms with Gasteiger partial charge in [0.15, 0.2) is 0 Å². The Balaban J connectivity index is 1.90. The molecule has 0 amide bonds. The van der Waals surface area contributed by atoms with Crippen molar-refractivity contribution in [3.05, 3.63) is 0 Å². The van der Waals surface area contributed by atoms with Crippen LogP contribution in [0.15, 0.2) is 0 Å². The molecule has 2 saturated heterocycles. The molecule has 3 heteroatoms. The van der Waals surface area contributed by atoms with E-state index in [9.17, 15) is 4.79 Å². The second kappa shape index (κ2) is 5.28. The summed E-state index contributed by atoms with van der Waals surface area (Å²) in [6, 6.07) is -0.467. The first kappa shape index (κ1) is 6.50. The van der Waals surface area contributed by atoms with Crippen LogP contribution in [0.25, 0.3) is 0 Å². The Morgan fingerprint density at radius 3 is 2.06 bits per heavy atom. The summed E-state index contributed by atoms with van der Waals surface area (Å²) in [6.07, 6.45) is 3.45. The third-order valence-corrected chi connectivity index (χ3v) is 3.68. The van der Waals surface area contributed by atoms with Crippen LogP contribution < -0.4 is 0 Å². The highest BCUT2D eigenvalue weighted by Gasteiger charge is 2.27. The van der Waals surface area contributed by atoms with E-state index in [4.69, 9.17) is 8.22 Å². The summed E-state index contributed by atoms with van der Waals surface area (Å²) in [5.74, 6) is -0.0256. The van der Waals surface area contributed by atoms with Crippen molar-refractivity contribution in [2.45, 2.75) is 50.6 Å². The standard InChI is InChI=1S/C13H24N2O/c1-14-7-3-5-11(14)9-13(16)10-12-6-4-8-15(12)2/h11-12H,3-10H2,1-2H3/i1D3,2D3. The highest BCUT2D eigenvalue weighted by atomic mass is 16.1. The maximum atomic E-state index is 12.3. The van der Waals surface area contributed by atoms with Crippen LogP contribution >= 0.6 is 0 Å². The quantitative estimate of drug-likeness (QED) is 0.731. The van der Waals surface area contributed by atoms with Crippen LogP contribution in [-0.2, 0) is 4.79 Å². The van der Waals surface area contributed by atoms with Gasteiger partial charge in [-0.3, -0.25) is 4.79 Å². The molecular formula is C13H24N2O. The lowest BCUT2D eigenvalue weighted by Crippen LogP contribution is -2.31. The summed E-state index contributed by atoms with van der Waals surface area (Å²) in [5, 5.41) is 0. The topological polar surface area (TPSA) is 23.6 Å². The van der Waals surface area contributed by atoms with Crippen LogP contribution in [-0.4, -0.2) is 54.7 Å². The smallest absolute Gasteiger partial charge is 0.136 e. The zero-order chi connectivity index (χ0) is 16.5. The molecule has 0 saturated carbocycles. The number of carbonyl (C=O) groups excluding carboxylic acids is 1. The molecule has 0 aliphatic carbocycles. The van der Waals surface area contributed by atoms with Crippen LogP contribution in [0.4, 0.5) is 0 Å². The van der Waals surface area contributed by atoms with E-state index in [1.54, 1.807) is 0 Å². The molecule has 0 radical (unpaired) electrons. The van der Waals surface area contributed by atoms with Crippen LogP contribution in [0, 0.1) is 0 Å². The molecule has 2 fully saturated rings. The van der Waals surface area contributed by atoms with Gasteiger partial charge in [0.1, 0.15) is 5.78 Å². The van der Waals surface area contributed by atoms with Gasteiger partial charge in [0.25, 0.3) is 0 Å². The summed E-state index contributed by atoms with van der Waals surface area (Å²) in [6.45, 7) is -3.31. The maximum Gasteiger partial charge on any atom is 0.136 e.